The maximum absolute atomic E-state index is 12.2. The van der Waals surface area contributed by atoms with Crippen LogP contribution in [-0.2, 0) is 11.2 Å². The van der Waals surface area contributed by atoms with Crippen LogP contribution in [0.3, 0.4) is 0 Å². The third-order valence-corrected chi connectivity index (χ3v) is 3.48. The first-order valence-corrected chi connectivity index (χ1v) is 6.68. The van der Waals surface area contributed by atoms with Crippen molar-refractivity contribution >= 4 is 11.6 Å². The van der Waals surface area contributed by atoms with E-state index in [1.807, 2.05) is 12.1 Å². The van der Waals surface area contributed by atoms with Crippen LogP contribution in [0.2, 0.25) is 0 Å². The van der Waals surface area contributed by atoms with Crippen molar-refractivity contribution in [1.29, 1.82) is 0 Å². The summed E-state index contributed by atoms with van der Waals surface area (Å²) in [7, 11) is 1.76. The fourth-order valence-electron chi connectivity index (χ4n) is 2.12. The fourth-order valence-corrected chi connectivity index (χ4v) is 2.12. The van der Waals surface area contributed by atoms with E-state index < -0.39 is 0 Å². The molecule has 2 aromatic carbocycles. The molecule has 0 aliphatic rings. The van der Waals surface area contributed by atoms with Crippen LogP contribution in [0.25, 0.3) is 0 Å². The number of carbonyl (C=O) groups is 1. The van der Waals surface area contributed by atoms with Gasteiger partial charge < -0.3 is 10.0 Å². The lowest BCUT2D eigenvalue weighted by Gasteiger charge is -2.17. The van der Waals surface area contributed by atoms with E-state index in [1.54, 1.807) is 36.2 Å². The van der Waals surface area contributed by atoms with Crippen LogP contribution in [-0.4, -0.2) is 18.1 Å². The predicted molar refractivity (Wildman–Crippen MR) is 81.0 cm³/mol. The highest BCUT2D eigenvalue weighted by molar-refractivity contribution is 5.92. The number of benzene rings is 2. The second-order valence-electron chi connectivity index (χ2n) is 4.90. The van der Waals surface area contributed by atoms with Crippen LogP contribution < -0.4 is 4.90 Å². The van der Waals surface area contributed by atoms with Crippen LogP contribution in [0.15, 0.2) is 48.5 Å². The van der Waals surface area contributed by atoms with Gasteiger partial charge in [0.05, 0.1) is 0 Å². The number of rotatable bonds is 4. The number of anilines is 1. The standard InChI is InChI=1S/C17H19NO2/c1-13-5-3-4-6-14(13)7-12-17(20)18(2)15-8-10-16(19)11-9-15/h3-6,8-11,19H,7,12H2,1-2H3. The fraction of sp³-hybridized carbons (Fsp3) is 0.235. The van der Waals surface area contributed by atoms with Gasteiger partial charge in [0.15, 0.2) is 0 Å². The summed E-state index contributed by atoms with van der Waals surface area (Å²) in [6.45, 7) is 2.06. The van der Waals surface area contributed by atoms with Crippen molar-refractivity contribution in [3.8, 4) is 5.75 Å². The average molecular weight is 269 g/mol. The van der Waals surface area contributed by atoms with Crippen LogP contribution >= 0.6 is 0 Å². The van der Waals surface area contributed by atoms with Crippen LogP contribution in [0.5, 0.6) is 5.75 Å². The quantitative estimate of drug-likeness (QED) is 0.925. The van der Waals surface area contributed by atoms with Gasteiger partial charge in [0.1, 0.15) is 5.75 Å². The molecule has 0 bridgehead atoms. The first-order chi connectivity index (χ1) is 9.58. The molecule has 0 saturated heterocycles. The van der Waals surface area contributed by atoms with E-state index in [0.717, 1.165) is 12.1 Å². The predicted octanol–water partition coefficient (Wildman–Crippen LogP) is 3.30. The molecule has 0 spiro atoms. The van der Waals surface area contributed by atoms with Gasteiger partial charge in [0, 0.05) is 19.2 Å². The van der Waals surface area contributed by atoms with Gasteiger partial charge in [0.2, 0.25) is 5.91 Å². The summed E-state index contributed by atoms with van der Waals surface area (Å²) in [4.78, 5) is 13.8. The van der Waals surface area contributed by atoms with Crippen LogP contribution in [0, 0.1) is 6.92 Å². The molecule has 0 unspecified atom stereocenters. The monoisotopic (exact) mass is 269 g/mol. The average Bonchev–Trinajstić information content (AvgIpc) is 2.46. The van der Waals surface area contributed by atoms with E-state index in [1.165, 1.54) is 11.1 Å². The first-order valence-electron chi connectivity index (χ1n) is 6.68. The molecule has 3 nitrogen and oxygen atoms in total. The minimum absolute atomic E-state index is 0.0685. The summed E-state index contributed by atoms with van der Waals surface area (Å²) >= 11 is 0. The summed E-state index contributed by atoms with van der Waals surface area (Å²) in [6, 6.07) is 14.8. The highest BCUT2D eigenvalue weighted by atomic mass is 16.3. The third-order valence-electron chi connectivity index (χ3n) is 3.48. The topological polar surface area (TPSA) is 40.5 Å². The van der Waals surface area contributed by atoms with Gasteiger partial charge in [-0.1, -0.05) is 24.3 Å². The van der Waals surface area contributed by atoms with Crippen LogP contribution in [0.1, 0.15) is 17.5 Å². The lowest BCUT2D eigenvalue weighted by molar-refractivity contribution is -0.118. The van der Waals surface area contributed by atoms with Crippen molar-refractivity contribution in [3.05, 3.63) is 59.7 Å². The van der Waals surface area contributed by atoms with Gasteiger partial charge in [-0.3, -0.25) is 4.79 Å². The molecule has 2 rings (SSSR count). The Kier molecular flexibility index (Phi) is 4.41. The molecule has 0 aromatic heterocycles. The Labute approximate surface area is 119 Å². The van der Waals surface area contributed by atoms with E-state index in [9.17, 15) is 9.90 Å². The van der Waals surface area contributed by atoms with Crippen LogP contribution in [0.4, 0.5) is 5.69 Å². The summed E-state index contributed by atoms with van der Waals surface area (Å²) in [5.41, 5.74) is 3.21. The van der Waals surface area contributed by atoms with Gasteiger partial charge in [-0.2, -0.15) is 0 Å². The second-order valence-corrected chi connectivity index (χ2v) is 4.90. The zero-order valence-electron chi connectivity index (χ0n) is 11.8. The van der Waals surface area contributed by atoms with Crippen molar-refractivity contribution in [2.45, 2.75) is 19.8 Å². The highest BCUT2D eigenvalue weighted by Crippen LogP contribution is 2.18. The molecule has 3 heteroatoms. The molecular weight excluding hydrogens is 250 g/mol. The summed E-state index contributed by atoms with van der Waals surface area (Å²) < 4.78 is 0. The highest BCUT2D eigenvalue weighted by Gasteiger charge is 2.11. The Balaban J connectivity index is 1.98. The number of phenolic OH excluding ortho intramolecular Hbond substituents is 1. The maximum Gasteiger partial charge on any atom is 0.227 e. The molecule has 0 aliphatic heterocycles. The lowest BCUT2D eigenvalue weighted by atomic mass is 10.0. The number of nitrogens with zero attached hydrogens (tertiary/aromatic N) is 1. The normalized spacial score (nSPS) is 10.3. The van der Waals surface area contributed by atoms with Gasteiger partial charge in [-0.15, -0.1) is 0 Å². The molecule has 0 fully saturated rings. The second kappa shape index (κ2) is 6.24. The Morgan fingerprint density at radius 2 is 1.75 bits per heavy atom. The molecule has 1 N–H and O–H groups in total. The van der Waals surface area contributed by atoms with E-state index >= 15 is 0 Å². The molecule has 0 atom stereocenters. The SMILES string of the molecule is Cc1ccccc1CCC(=O)N(C)c1ccc(O)cc1. The van der Waals surface area contributed by atoms with Gasteiger partial charge in [0.25, 0.3) is 0 Å². The number of aromatic hydroxyl groups is 1. The molecule has 0 aliphatic carbocycles. The van der Waals surface area contributed by atoms with E-state index in [2.05, 4.69) is 19.1 Å². The van der Waals surface area contributed by atoms with E-state index in [0.29, 0.717) is 6.42 Å². The molecule has 20 heavy (non-hydrogen) atoms. The number of hydrogen-bond donors (Lipinski definition) is 1. The van der Waals surface area contributed by atoms with E-state index in [-0.39, 0.29) is 11.7 Å². The summed E-state index contributed by atoms with van der Waals surface area (Å²) in [6.07, 6.45) is 1.22. The zero-order chi connectivity index (χ0) is 14.5. The number of phenols is 1. The van der Waals surface area contributed by atoms with Crippen molar-refractivity contribution < 1.29 is 9.90 Å². The number of carbonyl (C=O) groups excluding carboxylic acids is 1. The molecule has 104 valence electrons. The molecular formula is C17H19NO2. The molecule has 0 radical (unpaired) electrons. The number of hydrogen-bond acceptors (Lipinski definition) is 2. The summed E-state index contributed by atoms with van der Waals surface area (Å²) in [5.74, 6) is 0.272. The molecule has 0 saturated carbocycles. The maximum atomic E-state index is 12.2. The Morgan fingerprint density at radius 3 is 2.40 bits per heavy atom. The van der Waals surface area contributed by atoms with Gasteiger partial charge in [-0.05, 0) is 48.7 Å². The smallest absolute Gasteiger partial charge is 0.227 e. The largest absolute Gasteiger partial charge is 0.508 e. The van der Waals surface area contributed by atoms with Gasteiger partial charge in [-0.25, -0.2) is 0 Å². The van der Waals surface area contributed by atoms with Crippen molar-refractivity contribution in [2.75, 3.05) is 11.9 Å². The van der Waals surface area contributed by atoms with Crippen molar-refractivity contribution in [1.82, 2.24) is 0 Å². The first kappa shape index (κ1) is 14.1. The van der Waals surface area contributed by atoms with Gasteiger partial charge >= 0.3 is 0 Å². The molecule has 2 aromatic rings. The Bertz CT molecular complexity index is 590. The molecule has 1 amide bonds. The summed E-state index contributed by atoms with van der Waals surface area (Å²) in [5, 5.41) is 9.26. The minimum Gasteiger partial charge on any atom is -0.508 e. The number of amides is 1. The Morgan fingerprint density at radius 1 is 1.10 bits per heavy atom. The zero-order valence-corrected chi connectivity index (χ0v) is 11.8. The molecule has 0 heterocycles. The third kappa shape index (κ3) is 3.38. The number of aryl methyl sites for hydroxylation is 2. The van der Waals surface area contributed by atoms with Crippen molar-refractivity contribution in [2.24, 2.45) is 0 Å². The Hall–Kier alpha value is -2.29. The lowest BCUT2D eigenvalue weighted by Crippen LogP contribution is -2.26. The minimum atomic E-state index is 0.0685. The van der Waals surface area contributed by atoms with E-state index in [4.69, 9.17) is 0 Å². The van der Waals surface area contributed by atoms with Crippen molar-refractivity contribution in [3.63, 3.8) is 0 Å².